The molecule has 148 valence electrons. The number of hydrogen-bond acceptors (Lipinski definition) is 4. The van der Waals surface area contributed by atoms with Crippen LogP contribution in [0.2, 0.25) is 0 Å². The van der Waals surface area contributed by atoms with E-state index in [9.17, 15) is 14.0 Å². The Morgan fingerprint density at radius 2 is 1.82 bits per heavy atom. The van der Waals surface area contributed by atoms with Gasteiger partial charge in [0.25, 0.3) is 0 Å². The minimum absolute atomic E-state index is 0.0494. The quantitative estimate of drug-likeness (QED) is 0.828. The van der Waals surface area contributed by atoms with Crippen LogP contribution < -0.4 is 10.1 Å². The number of para-hydroxylation sites is 1. The van der Waals surface area contributed by atoms with Crippen molar-refractivity contribution in [3.8, 4) is 5.75 Å². The zero-order chi connectivity index (χ0) is 19.9. The molecule has 1 fully saturated rings. The maximum atomic E-state index is 13.2. The predicted octanol–water partition coefficient (Wildman–Crippen LogP) is 2.16. The highest BCUT2D eigenvalue weighted by molar-refractivity contribution is 5.92. The Balaban J connectivity index is 1.46. The molecule has 0 radical (unpaired) electrons. The van der Waals surface area contributed by atoms with Crippen LogP contribution in [0.1, 0.15) is 5.56 Å². The van der Waals surface area contributed by atoms with E-state index >= 15 is 0 Å². The van der Waals surface area contributed by atoms with Crippen LogP contribution in [0, 0.1) is 5.82 Å². The number of hydrogen-bond donors (Lipinski definition) is 1. The van der Waals surface area contributed by atoms with Crippen LogP contribution in [-0.4, -0.2) is 61.4 Å². The lowest BCUT2D eigenvalue weighted by molar-refractivity contribution is -0.132. The van der Waals surface area contributed by atoms with Crippen molar-refractivity contribution in [1.82, 2.24) is 9.80 Å². The third kappa shape index (κ3) is 5.29. The number of anilines is 1. The first-order chi connectivity index (χ1) is 13.5. The number of carbonyl (C=O) groups excluding carboxylic acids is 2. The third-order valence-corrected chi connectivity index (χ3v) is 4.73. The van der Waals surface area contributed by atoms with E-state index in [0.29, 0.717) is 44.0 Å². The van der Waals surface area contributed by atoms with Crippen molar-refractivity contribution in [1.29, 1.82) is 0 Å². The predicted molar refractivity (Wildman–Crippen MR) is 105 cm³/mol. The van der Waals surface area contributed by atoms with E-state index in [4.69, 9.17) is 4.74 Å². The minimum Gasteiger partial charge on any atom is -0.496 e. The Kier molecular flexibility index (Phi) is 6.60. The summed E-state index contributed by atoms with van der Waals surface area (Å²) in [6.07, 6.45) is 0.296. The second-order valence-corrected chi connectivity index (χ2v) is 6.70. The number of amides is 2. The second kappa shape index (κ2) is 9.32. The highest BCUT2D eigenvalue weighted by atomic mass is 19.1. The summed E-state index contributed by atoms with van der Waals surface area (Å²) in [6.45, 7) is 2.59. The van der Waals surface area contributed by atoms with Crippen LogP contribution in [0.3, 0.4) is 0 Å². The first kappa shape index (κ1) is 19.8. The highest BCUT2D eigenvalue weighted by Crippen LogP contribution is 2.19. The van der Waals surface area contributed by atoms with E-state index in [0.717, 1.165) is 5.56 Å². The lowest BCUT2D eigenvalue weighted by atomic mass is 10.1. The molecule has 1 aliphatic rings. The van der Waals surface area contributed by atoms with Gasteiger partial charge in [-0.2, -0.15) is 0 Å². The minimum atomic E-state index is -0.389. The number of carbonyl (C=O) groups is 2. The molecule has 2 amide bonds. The molecule has 1 aliphatic heterocycles. The molecule has 6 nitrogen and oxygen atoms in total. The van der Waals surface area contributed by atoms with Gasteiger partial charge in [-0.3, -0.25) is 14.5 Å². The van der Waals surface area contributed by atoms with Gasteiger partial charge in [0, 0.05) is 37.4 Å². The van der Waals surface area contributed by atoms with Crippen LogP contribution in [0.5, 0.6) is 5.75 Å². The number of piperazine rings is 1. The van der Waals surface area contributed by atoms with E-state index < -0.39 is 0 Å². The van der Waals surface area contributed by atoms with Crippen molar-refractivity contribution >= 4 is 17.5 Å². The van der Waals surface area contributed by atoms with E-state index in [1.807, 2.05) is 34.1 Å². The molecular formula is C21H24FN3O3. The van der Waals surface area contributed by atoms with E-state index in [1.54, 1.807) is 19.2 Å². The molecule has 2 aromatic rings. The summed E-state index contributed by atoms with van der Waals surface area (Å²) >= 11 is 0. The van der Waals surface area contributed by atoms with E-state index in [-0.39, 0.29) is 24.2 Å². The summed E-state index contributed by atoms with van der Waals surface area (Å²) in [5.41, 5.74) is 1.31. The largest absolute Gasteiger partial charge is 0.496 e. The number of rotatable bonds is 6. The van der Waals surface area contributed by atoms with Crippen LogP contribution in [0.4, 0.5) is 10.1 Å². The molecule has 1 heterocycles. The van der Waals surface area contributed by atoms with Gasteiger partial charge >= 0.3 is 0 Å². The summed E-state index contributed by atoms with van der Waals surface area (Å²) in [6, 6.07) is 13.3. The molecule has 0 aromatic heterocycles. The molecule has 0 unspecified atom stereocenters. The van der Waals surface area contributed by atoms with E-state index in [2.05, 4.69) is 5.32 Å². The lowest BCUT2D eigenvalue weighted by Gasteiger charge is -2.34. The van der Waals surface area contributed by atoms with Crippen molar-refractivity contribution in [2.45, 2.75) is 6.42 Å². The van der Waals surface area contributed by atoms with Gasteiger partial charge in [-0.1, -0.05) is 24.3 Å². The molecule has 7 heteroatoms. The van der Waals surface area contributed by atoms with Crippen LogP contribution >= 0.6 is 0 Å². The number of ether oxygens (including phenoxy) is 1. The molecule has 3 rings (SSSR count). The second-order valence-electron chi connectivity index (χ2n) is 6.70. The third-order valence-electron chi connectivity index (χ3n) is 4.73. The maximum Gasteiger partial charge on any atom is 0.238 e. The fourth-order valence-electron chi connectivity index (χ4n) is 3.25. The Morgan fingerprint density at radius 3 is 2.54 bits per heavy atom. The topological polar surface area (TPSA) is 61.9 Å². The normalized spacial score (nSPS) is 14.6. The van der Waals surface area contributed by atoms with Crippen molar-refractivity contribution in [2.24, 2.45) is 0 Å². The van der Waals surface area contributed by atoms with Crippen LogP contribution in [0.25, 0.3) is 0 Å². The van der Waals surface area contributed by atoms with Crippen molar-refractivity contribution < 1.29 is 18.7 Å². The number of methoxy groups -OCH3 is 1. The Bertz CT molecular complexity index is 835. The molecule has 0 atom stereocenters. The maximum absolute atomic E-state index is 13.2. The number of nitrogens with one attached hydrogen (secondary N) is 1. The van der Waals surface area contributed by atoms with Gasteiger partial charge in [-0.05, 0) is 24.3 Å². The molecule has 0 spiro atoms. The van der Waals surface area contributed by atoms with Gasteiger partial charge < -0.3 is 15.0 Å². The zero-order valence-electron chi connectivity index (χ0n) is 15.9. The average Bonchev–Trinajstić information content (AvgIpc) is 2.69. The molecule has 28 heavy (non-hydrogen) atoms. The van der Waals surface area contributed by atoms with Crippen molar-refractivity contribution in [2.75, 3.05) is 45.2 Å². The van der Waals surface area contributed by atoms with Gasteiger partial charge in [0.15, 0.2) is 0 Å². The van der Waals surface area contributed by atoms with Crippen molar-refractivity contribution in [3.63, 3.8) is 0 Å². The molecule has 0 saturated carbocycles. The fourth-order valence-corrected chi connectivity index (χ4v) is 3.25. The van der Waals surface area contributed by atoms with Gasteiger partial charge in [0.2, 0.25) is 11.8 Å². The molecule has 2 aromatic carbocycles. The number of nitrogens with zero attached hydrogens (tertiary/aromatic N) is 2. The van der Waals surface area contributed by atoms with Crippen molar-refractivity contribution in [3.05, 3.63) is 59.9 Å². The Labute approximate surface area is 163 Å². The monoisotopic (exact) mass is 385 g/mol. The summed E-state index contributed by atoms with van der Waals surface area (Å²) in [5, 5.41) is 2.69. The molecular weight excluding hydrogens is 361 g/mol. The summed E-state index contributed by atoms with van der Waals surface area (Å²) in [4.78, 5) is 28.5. The molecule has 0 aliphatic carbocycles. The molecule has 1 saturated heterocycles. The SMILES string of the molecule is COc1ccccc1CC(=O)N1CCN(CC(=O)Nc2cccc(F)c2)CC1. The van der Waals surface area contributed by atoms with Gasteiger partial charge in [-0.15, -0.1) is 0 Å². The Hall–Kier alpha value is -2.93. The average molecular weight is 385 g/mol. The highest BCUT2D eigenvalue weighted by Gasteiger charge is 2.23. The van der Waals surface area contributed by atoms with Gasteiger partial charge in [0.05, 0.1) is 20.1 Å². The summed E-state index contributed by atoms with van der Waals surface area (Å²) in [5.74, 6) is 0.177. The number of halogens is 1. The summed E-state index contributed by atoms with van der Waals surface area (Å²) < 4.78 is 18.5. The Morgan fingerprint density at radius 1 is 1.07 bits per heavy atom. The first-order valence-corrected chi connectivity index (χ1v) is 9.22. The standard InChI is InChI=1S/C21H24FN3O3/c1-28-19-8-3-2-5-16(19)13-21(27)25-11-9-24(10-12-25)15-20(26)23-18-7-4-6-17(22)14-18/h2-8,14H,9-13,15H2,1H3,(H,23,26). The molecule has 1 N–H and O–H groups in total. The van der Waals surface area contributed by atoms with Crippen LogP contribution in [-0.2, 0) is 16.0 Å². The fraction of sp³-hybridized carbons (Fsp3) is 0.333. The number of benzene rings is 2. The van der Waals surface area contributed by atoms with E-state index in [1.165, 1.54) is 12.1 Å². The zero-order valence-corrected chi connectivity index (χ0v) is 15.9. The first-order valence-electron chi connectivity index (χ1n) is 9.22. The smallest absolute Gasteiger partial charge is 0.238 e. The lowest BCUT2D eigenvalue weighted by Crippen LogP contribution is -2.50. The van der Waals surface area contributed by atoms with Crippen LogP contribution in [0.15, 0.2) is 48.5 Å². The van der Waals surface area contributed by atoms with Gasteiger partial charge in [0.1, 0.15) is 11.6 Å². The summed E-state index contributed by atoms with van der Waals surface area (Å²) in [7, 11) is 1.59. The molecule has 0 bridgehead atoms. The van der Waals surface area contributed by atoms with Gasteiger partial charge in [-0.25, -0.2) is 4.39 Å².